The highest BCUT2D eigenvalue weighted by Gasteiger charge is 2.33. The van der Waals surface area contributed by atoms with Crippen molar-refractivity contribution in [3.8, 4) is 0 Å². The predicted molar refractivity (Wildman–Crippen MR) is 130 cm³/mol. The molecule has 4 rings (SSSR count). The maximum atomic E-state index is 13.0. The molecular weight excluding hydrogens is 498 g/mol. The van der Waals surface area contributed by atoms with E-state index in [2.05, 4.69) is 10.3 Å². The molecule has 1 aliphatic rings. The second-order valence-electron chi connectivity index (χ2n) is 7.67. The molecule has 0 spiro atoms. The van der Waals surface area contributed by atoms with Crippen molar-refractivity contribution in [2.24, 2.45) is 0 Å². The van der Waals surface area contributed by atoms with E-state index in [0.717, 1.165) is 28.5 Å². The van der Waals surface area contributed by atoms with Crippen LogP contribution < -0.4 is 10.2 Å². The molecule has 0 saturated heterocycles. The van der Waals surface area contributed by atoms with Crippen molar-refractivity contribution in [3.63, 3.8) is 0 Å². The number of carbonyl (C=O) groups is 3. The first-order valence-electron chi connectivity index (χ1n) is 10.4. The highest BCUT2D eigenvalue weighted by atomic mass is 35.5. The lowest BCUT2D eigenvalue weighted by Gasteiger charge is -2.26. The van der Waals surface area contributed by atoms with Gasteiger partial charge in [0.25, 0.3) is 5.91 Å². The van der Waals surface area contributed by atoms with Crippen molar-refractivity contribution in [1.82, 2.24) is 4.98 Å². The number of hydrogen-bond acceptors (Lipinski definition) is 8. The highest BCUT2D eigenvalue weighted by molar-refractivity contribution is 7.94. The van der Waals surface area contributed by atoms with E-state index < -0.39 is 33.2 Å². The molecule has 0 atom stereocenters. The number of amides is 2. The normalized spacial score (nSPS) is 13.6. The molecule has 176 valence electrons. The highest BCUT2D eigenvalue weighted by Crippen LogP contribution is 2.28. The van der Waals surface area contributed by atoms with Crippen molar-refractivity contribution < 1.29 is 22.8 Å². The number of aromatic nitrogens is 1. The Hall–Kier alpha value is -3.08. The van der Waals surface area contributed by atoms with E-state index in [4.69, 9.17) is 11.6 Å². The second kappa shape index (κ2) is 9.65. The van der Waals surface area contributed by atoms with Crippen LogP contribution >= 0.6 is 22.9 Å². The Labute approximate surface area is 205 Å². The number of anilines is 2. The fourth-order valence-corrected chi connectivity index (χ4v) is 6.46. The number of Topliss-reactive ketones (excluding diaryl/α,β-unsaturated/α-hetero) is 1. The number of thiophene rings is 1. The summed E-state index contributed by atoms with van der Waals surface area (Å²) in [5.74, 6) is -1.88. The number of nitrogens with zero attached hydrogens (tertiary/aromatic N) is 2. The van der Waals surface area contributed by atoms with E-state index >= 15 is 0 Å². The third kappa shape index (κ3) is 5.03. The van der Waals surface area contributed by atoms with Crippen LogP contribution in [0.1, 0.15) is 28.4 Å². The van der Waals surface area contributed by atoms with Crippen LogP contribution in [0.3, 0.4) is 0 Å². The fourth-order valence-electron chi connectivity index (χ4n) is 3.65. The summed E-state index contributed by atoms with van der Waals surface area (Å²) in [5.41, 5.74) is 2.40. The number of hydrogen-bond donors (Lipinski definition) is 1. The standard InChI is InChI=1S/C23H20ClN3O5S2/c1-2-25-16-4-5-18-15(10-16)11-21(29)27(23(18)30)20-7-3-14(12-26-20)9-17(28)13-34(31,32)22-8-6-19(24)33-22/h3-8,10,12,25H,2,9,11,13H2,1H3. The Morgan fingerprint density at radius 1 is 1.18 bits per heavy atom. The molecule has 3 heterocycles. The monoisotopic (exact) mass is 517 g/mol. The van der Waals surface area contributed by atoms with Gasteiger partial charge in [-0.25, -0.2) is 18.3 Å². The molecule has 8 nitrogen and oxygen atoms in total. The number of benzene rings is 1. The Kier molecular flexibility index (Phi) is 6.83. The Bertz CT molecular complexity index is 1380. The third-order valence-corrected chi connectivity index (χ3v) is 8.65. The van der Waals surface area contributed by atoms with E-state index in [0.29, 0.717) is 21.0 Å². The lowest BCUT2D eigenvalue weighted by atomic mass is 9.97. The van der Waals surface area contributed by atoms with Gasteiger partial charge in [0.2, 0.25) is 5.91 Å². The average Bonchev–Trinajstić information content (AvgIpc) is 3.22. The SMILES string of the molecule is CCNc1ccc2c(c1)CC(=O)N(c1ccc(CC(=O)CS(=O)(=O)c3ccc(Cl)s3)cn1)C2=O. The molecule has 2 amide bonds. The molecule has 1 aliphatic heterocycles. The van der Waals surface area contributed by atoms with E-state index in [-0.39, 0.29) is 22.9 Å². The number of sulfone groups is 1. The number of ketones is 1. The van der Waals surface area contributed by atoms with Gasteiger partial charge in [-0.2, -0.15) is 0 Å². The fraction of sp³-hybridized carbons (Fsp3) is 0.217. The number of fused-ring (bicyclic) bond motifs is 1. The van der Waals surface area contributed by atoms with E-state index in [1.54, 1.807) is 24.3 Å². The molecule has 0 bridgehead atoms. The third-order valence-electron chi connectivity index (χ3n) is 5.16. The molecule has 3 aromatic rings. The quantitative estimate of drug-likeness (QED) is 0.454. The molecule has 0 aliphatic carbocycles. The molecular formula is C23H20ClN3O5S2. The number of nitrogens with one attached hydrogen (secondary N) is 1. The summed E-state index contributed by atoms with van der Waals surface area (Å²) < 4.78 is 25.1. The van der Waals surface area contributed by atoms with Crippen LogP contribution in [-0.4, -0.2) is 43.3 Å². The van der Waals surface area contributed by atoms with Crippen LogP contribution in [-0.2, 0) is 32.3 Å². The molecule has 1 aromatic carbocycles. The zero-order valence-electron chi connectivity index (χ0n) is 18.1. The van der Waals surface area contributed by atoms with Gasteiger partial charge in [0.1, 0.15) is 15.8 Å². The van der Waals surface area contributed by atoms with Crippen molar-refractivity contribution in [3.05, 3.63) is 69.7 Å². The maximum Gasteiger partial charge on any atom is 0.266 e. The molecule has 0 fully saturated rings. The van der Waals surface area contributed by atoms with Crippen LogP contribution in [0, 0.1) is 0 Å². The number of halogens is 1. The molecule has 0 unspecified atom stereocenters. The van der Waals surface area contributed by atoms with Gasteiger partial charge in [-0.3, -0.25) is 14.4 Å². The summed E-state index contributed by atoms with van der Waals surface area (Å²) in [6.45, 7) is 2.68. The van der Waals surface area contributed by atoms with Crippen LogP contribution in [0.5, 0.6) is 0 Å². The average molecular weight is 518 g/mol. The summed E-state index contributed by atoms with van der Waals surface area (Å²) >= 11 is 6.69. The van der Waals surface area contributed by atoms with Gasteiger partial charge in [-0.15, -0.1) is 11.3 Å². The van der Waals surface area contributed by atoms with Gasteiger partial charge >= 0.3 is 0 Å². The smallest absolute Gasteiger partial charge is 0.266 e. The van der Waals surface area contributed by atoms with Crippen molar-refractivity contribution in [2.75, 3.05) is 22.5 Å². The van der Waals surface area contributed by atoms with E-state index in [1.165, 1.54) is 24.4 Å². The lowest BCUT2D eigenvalue weighted by Crippen LogP contribution is -2.43. The van der Waals surface area contributed by atoms with E-state index in [9.17, 15) is 22.8 Å². The number of rotatable bonds is 8. The molecule has 0 radical (unpaired) electrons. The summed E-state index contributed by atoms with van der Waals surface area (Å²) in [6.07, 6.45) is 1.28. The van der Waals surface area contributed by atoms with Gasteiger partial charge in [0.15, 0.2) is 15.6 Å². The minimum Gasteiger partial charge on any atom is -0.385 e. The van der Waals surface area contributed by atoms with Crippen LogP contribution in [0.15, 0.2) is 52.9 Å². The van der Waals surface area contributed by atoms with Gasteiger partial charge in [0.05, 0.1) is 10.8 Å². The Balaban J connectivity index is 1.46. The van der Waals surface area contributed by atoms with Crippen LogP contribution in [0.4, 0.5) is 11.5 Å². The van der Waals surface area contributed by atoms with Crippen molar-refractivity contribution in [1.29, 1.82) is 0 Å². The van der Waals surface area contributed by atoms with Crippen LogP contribution in [0.25, 0.3) is 0 Å². The van der Waals surface area contributed by atoms with Crippen molar-refractivity contribution in [2.45, 2.75) is 24.0 Å². The number of pyridine rings is 1. The largest absolute Gasteiger partial charge is 0.385 e. The first-order valence-corrected chi connectivity index (χ1v) is 13.2. The Morgan fingerprint density at radius 3 is 2.62 bits per heavy atom. The predicted octanol–water partition coefficient (Wildman–Crippen LogP) is 3.54. The number of imide groups is 1. The van der Waals surface area contributed by atoms with Crippen molar-refractivity contribution >= 4 is 61.9 Å². The minimum absolute atomic E-state index is 0.0410. The first kappa shape index (κ1) is 24.1. The summed E-state index contributed by atoms with van der Waals surface area (Å²) in [7, 11) is -3.77. The molecule has 1 N–H and O–H groups in total. The molecule has 2 aromatic heterocycles. The molecule has 0 saturated carbocycles. The second-order valence-corrected chi connectivity index (χ2v) is 11.6. The minimum atomic E-state index is -3.77. The maximum absolute atomic E-state index is 13.0. The van der Waals surface area contributed by atoms with Crippen LogP contribution in [0.2, 0.25) is 4.34 Å². The summed E-state index contributed by atoms with van der Waals surface area (Å²) in [4.78, 5) is 43.2. The zero-order valence-corrected chi connectivity index (χ0v) is 20.5. The van der Waals surface area contributed by atoms with Gasteiger partial charge in [-0.1, -0.05) is 17.7 Å². The summed E-state index contributed by atoms with van der Waals surface area (Å²) in [6, 6.07) is 11.1. The topological polar surface area (TPSA) is 114 Å². The van der Waals surface area contributed by atoms with Gasteiger partial charge in [0, 0.05) is 30.4 Å². The summed E-state index contributed by atoms with van der Waals surface area (Å²) in [5, 5.41) is 3.16. The van der Waals surface area contributed by atoms with Gasteiger partial charge < -0.3 is 5.32 Å². The van der Waals surface area contributed by atoms with Gasteiger partial charge in [-0.05, 0) is 54.4 Å². The molecule has 34 heavy (non-hydrogen) atoms. The number of carbonyl (C=O) groups excluding carboxylic acids is 3. The first-order chi connectivity index (χ1) is 16.2. The zero-order chi connectivity index (χ0) is 24.5. The Morgan fingerprint density at radius 2 is 1.97 bits per heavy atom. The lowest BCUT2D eigenvalue weighted by molar-refractivity contribution is -0.118. The molecule has 11 heteroatoms. The van der Waals surface area contributed by atoms with E-state index in [1.807, 2.05) is 6.92 Å².